The molecule has 0 aliphatic heterocycles. The van der Waals surface area contributed by atoms with Crippen LogP contribution in [0.15, 0.2) is 0 Å². The first kappa shape index (κ1) is 36.9. The van der Waals surface area contributed by atoms with Crippen molar-refractivity contribution in [2.75, 3.05) is 0 Å². The standard InChI is InChI=1S/2C16H32O2.Pb/c2*1-4-7-10-11-14-16(15(17)18,12-8-5-2)13-9-6-3;/h2*4-14H2,1-3H3,(H,17,18);/q;;+2/p-2. The molecule has 2 radical (unpaired) electrons. The zero-order valence-electron chi connectivity index (χ0n) is 25.7. The number of carbonyl (C=O) groups is 2. The van der Waals surface area contributed by atoms with E-state index in [1.165, 1.54) is 38.5 Å². The Balaban J connectivity index is 5.44. The summed E-state index contributed by atoms with van der Waals surface area (Å²) in [4.78, 5) is 27.2. The van der Waals surface area contributed by atoms with Gasteiger partial charge >= 0.3 is 246 Å². The SMILES string of the molecule is CCCCCCC(CCCC)(CCCC)C(=O)[O][Pb][O]C(=O)C(CCCC)(CCCC)CCCCCC. The quantitative estimate of drug-likeness (QED) is 0.0660. The molecule has 0 rings (SSSR count). The molecule has 5 heteroatoms. The van der Waals surface area contributed by atoms with Crippen molar-refractivity contribution >= 4 is 37.1 Å². The molecule has 0 unspecified atom stereocenters. The van der Waals surface area contributed by atoms with E-state index in [1.807, 2.05) is 0 Å². The number of hydrogen-bond acceptors (Lipinski definition) is 4. The van der Waals surface area contributed by atoms with Crippen LogP contribution in [0.5, 0.6) is 0 Å². The first-order valence-electron chi connectivity index (χ1n) is 16.1. The molecule has 0 bridgehead atoms. The Morgan fingerprint density at radius 1 is 0.432 bits per heavy atom. The number of rotatable bonds is 26. The van der Waals surface area contributed by atoms with Gasteiger partial charge in [-0.3, -0.25) is 0 Å². The van der Waals surface area contributed by atoms with Gasteiger partial charge in [0.25, 0.3) is 0 Å². The molecule has 0 aromatic heterocycles. The second kappa shape index (κ2) is 23.7. The molecule has 4 nitrogen and oxygen atoms in total. The van der Waals surface area contributed by atoms with Gasteiger partial charge in [0.2, 0.25) is 0 Å². The van der Waals surface area contributed by atoms with Gasteiger partial charge in [-0.1, -0.05) is 0 Å². The summed E-state index contributed by atoms with van der Waals surface area (Å²) in [5.41, 5.74) is -0.776. The van der Waals surface area contributed by atoms with Crippen LogP contribution in [0, 0.1) is 10.8 Å². The van der Waals surface area contributed by atoms with E-state index in [1.54, 1.807) is 0 Å². The molecular formula is C32H62O4Pb. The van der Waals surface area contributed by atoms with Crippen molar-refractivity contribution in [2.45, 2.75) is 183 Å². The van der Waals surface area contributed by atoms with Gasteiger partial charge in [0, 0.05) is 0 Å². The molecule has 37 heavy (non-hydrogen) atoms. The van der Waals surface area contributed by atoms with Crippen LogP contribution in [0.1, 0.15) is 183 Å². The molecule has 0 atom stereocenters. The summed E-state index contributed by atoms with van der Waals surface area (Å²) in [7, 11) is 0. The van der Waals surface area contributed by atoms with Crippen LogP contribution in [0.2, 0.25) is 0 Å². The molecule has 0 aromatic carbocycles. The molecular weight excluding hydrogens is 656 g/mol. The van der Waals surface area contributed by atoms with E-state index in [0.717, 1.165) is 103 Å². The van der Waals surface area contributed by atoms with E-state index in [2.05, 4.69) is 41.5 Å². The summed E-state index contributed by atoms with van der Waals surface area (Å²) in [6.45, 7) is 13.2. The third-order valence-corrected chi connectivity index (χ3v) is 10.3. The van der Waals surface area contributed by atoms with Gasteiger partial charge in [-0.25, -0.2) is 0 Å². The molecule has 0 N–H and O–H groups in total. The Morgan fingerprint density at radius 2 is 0.703 bits per heavy atom. The van der Waals surface area contributed by atoms with Gasteiger partial charge < -0.3 is 0 Å². The van der Waals surface area contributed by atoms with Gasteiger partial charge in [-0.2, -0.15) is 0 Å². The predicted octanol–water partition coefficient (Wildman–Crippen LogP) is 10.3. The Morgan fingerprint density at radius 3 is 0.973 bits per heavy atom. The summed E-state index contributed by atoms with van der Waals surface area (Å²) >= 11 is -2.29. The molecule has 0 saturated carbocycles. The first-order valence-corrected chi connectivity index (χ1v) is 19.3. The Hall–Kier alpha value is -0.138. The van der Waals surface area contributed by atoms with Crippen LogP contribution >= 0.6 is 0 Å². The molecule has 0 saturated heterocycles. The second-order valence-electron chi connectivity index (χ2n) is 11.5. The fourth-order valence-corrected chi connectivity index (χ4v) is 7.95. The minimum atomic E-state index is -2.29. The van der Waals surface area contributed by atoms with Gasteiger partial charge in [-0.15, -0.1) is 0 Å². The molecule has 218 valence electrons. The maximum absolute atomic E-state index is 13.6. The third-order valence-electron chi connectivity index (χ3n) is 8.19. The Kier molecular flexibility index (Phi) is 23.6. The fourth-order valence-electron chi connectivity index (χ4n) is 5.52. The van der Waals surface area contributed by atoms with Crippen LogP contribution < -0.4 is 0 Å². The normalized spacial score (nSPS) is 12.1. The van der Waals surface area contributed by atoms with Crippen LogP contribution in [0.4, 0.5) is 0 Å². The summed E-state index contributed by atoms with van der Waals surface area (Å²) in [6, 6.07) is 0. The third kappa shape index (κ3) is 15.3. The monoisotopic (exact) mass is 718 g/mol. The molecule has 0 amide bonds. The van der Waals surface area contributed by atoms with Gasteiger partial charge in [0.1, 0.15) is 0 Å². The van der Waals surface area contributed by atoms with E-state index < -0.39 is 25.1 Å². The number of hydrogen-bond donors (Lipinski definition) is 0. The average Bonchev–Trinajstić information content (AvgIpc) is 2.91. The molecule has 0 fully saturated rings. The maximum atomic E-state index is 13.6. The molecule has 0 heterocycles. The van der Waals surface area contributed by atoms with Gasteiger partial charge in [0.15, 0.2) is 0 Å². The van der Waals surface area contributed by atoms with E-state index >= 15 is 0 Å². The molecule has 0 aliphatic carbocycles. The van der Waals surface area contributed by atoms with Crippen LogP contribution in [-0.4, -0.2) is 37.1 Å². The van der Waals surface area contributed by atoms with E-state index in [0.29, 0.717) is 0 Å². The topological polar surface area (TPSA) is 52.6 Å². The van der Waals surface area contributed by atoms with E-state index in [-0.39, 0.29) is 22.8 Å². The Labute approximate surface area is 244 Å². The fraction of sp³-hybridized carbons (Fsp3) is 0.938. The summed E-state index contributed by atoms with van der Waals surface area (Å²) in [5, 5.41) is 0. The van der Waals surface area contributed by atoms with E-state index in [9.17, 15) is 9.59 Å². The zero-order valence-corrected chi connectivity index (χ0v) is 29.6. The van der Waals surface area contributed by atoms with Crippen molar-refractivity contribution in [3.8, 4) is 0 Å². The molecule has 0 spiro atoms. The van der Waals surface area contributed by atoms with Crippen molar-refractivity contribution in [1.82, 2.24) is 0 Å². The van der Waals surface area contributed by atoms with Crippen molar-refractivity contribution in [3.63, 3.8) is 0 Å². The van der Waals surface area contributed by atoms with Crippen LogP contribution in [0.25, 0.3) is 0 Å². The summed E-state index contributed by atoms with van der Waals surface area (Å²) < 4.78 is 12.0. The number of carbonyl (C=O) groups excluding carboxylic acids is 2. The summed E-state index contributed by atoms with van der Waals surface area (Å²) in [6.07, 6.45) is 23.3. The van der Waals surface area contributed by atoms with Gasteiger partial charge in [0.05, 0.1) is 0 Å². The zero-order chi connectivity index (χ0) is 27.8. The Bertz CT molecular complexity index is 499. The van der Waals surface area contributed by atoms with Crippen molar-refractivity contribution < 1.29 is 15.0 Å². The minimum absolute atomic E-state index is 0.0577. The van der Waals surface area contributed by atoms with Crippen molar-refractivity contribution in [2.24, 2.45) is 10.8 Å². The molecule has 0 aliphatic rings. The van der Waals surface area contributed by atoms with Gasteiger partial charge in [-0.05, 0) is 0 Å². The first-order chi connectivity index (χ1) is 17.9. The second-order valence-corrected chi connectivity index (χ2v) is 13.7. The average molecular weight is 718 g/mol. The number of unbranched alkanes of at least 4 members (excludes halogenated alkanes) is 10. The molecule has 0 aromatic rings. The van der Waals surface area contributed by atoms with Crippen molar-refractivity contribution in [3.05, 3.63) is 0 Å². The predicted molar refractivity (Wildman–Crippen MR) is 158 cm³/mol. The summed E-state index contributed by atoms with van der Waals surface area (Å²) in [5.74, 6) is -0.115. The van der Waals surface area contributed by atoms with E-state index in [4.69, 9.17) is 5.37 Å². The van der Waals surface area contributed by atoms with Crippen molar-refractivity contribution in [1.29, 1.82) is 0 Å². The van der Waals surface area contributed by atoms with Crippen LogP contribution in [0.3, 0.4) is 0 Å². The van der Waals surface area contributed by atoms with Crippen LogP contribution in [-0.2, 0) is 15.0 Å².